The van der Waals surface area contributed by atoms with Crippen LogP contribution in [-0.2, 0) is 0 Å². The average Bonchev–Trinajstić information content (AvgIpc) is 2.46. The zero-order valence-corrected chi connectivity index (χ0v) is 8.83. The largest absolute Gasteiger partial charge is 0.353 e. The molecule has 5 nitrogen and oxygen atoms in total. The monoisotopic (exact) mass is 212 g/mol. The van der Waals surface area contributed by atoms with E-state index in [0.29, 0.717) is 11.3 Å². The summed E-state index contributed by atoms with van der Waals surface area (Å²) in [5.74, 6) is 0.142. The molecule has 0 aliphatic rings. The van der Waals surface area contributed by atoms with Gasteiger partial charge in [0.15, 0.2) is 0 Å². The van der Waals surface area contributed by atoms with Crippen LogP contribution in [0.15, 0.2) is 9.52 Å². The van der Waals surface area contributed by atoms with Crippen LogP contribution in [0.5, 0.6) is 0 Å². The summed E-state index contributed by atoms with van der Waals surface area (Å²) in [4.78, 5) is 5.50. The molecule has 0 radical (unpaired) electrons. The molecule has 0 saturated heterocycles. The molecule has 0 unspecified atom stereocenters. The minimum absolute atomic E-state index is 0.142. The maximum absolute atomic E-state index is 8.76. The van der Waals surface area contributed by atoms with Crippen LogP contribution in [0.25, 0.3) is 0 Å². The van der Waals surface area contributed by atoms with Crippen molar-refractivity contribution in [3.05, 3.63) is 11.3 Å². The van der Waals surface area contributed by atoms with Gasteiger partial charge < -0.3 is 9.42 Å². The van der Waals surface area contributed by atoms with Crippen molar-refractivity contribution in [2.24, 2.45) is 4.99 Å². The lowest BCUT2D eigenvalue weighted by Crippen LogP contribution is -2.15. The Morgan fingerprint density at radius 1 is 1.64 bits per heavy atom. The number of nitrogens with zero attached hydrogens (tertiary/aromatic N) is 4. The Hall–Kier alpha value is -1.54. The fraction of sp³-hybridized carbons (Fsp3) is 0.375. The second kappa shape index (κ2) is 4.11. The summed E-state index contributed by atoms with van der Waals surface area (Å²) in [5.41, 5.74) is 0.819. The van der Waals surface area contributed by atoms with Gasteiger partial charge >= 0.3 is 0 Å². The molecule has 1 rings (SSSR count). The van der Waals surface area contributed by atoms with Gasteiger partial charge in [-0.05, 0) is 18.5 Å². The molecule has 0 saturated carbocycles. The van der Waals surface area contributed by atoms with E-state index in [2.05, 4.69) is 10.1 Å². The van der Waals surface area contributed by atoms with E-state index in [4.69, 9.17) is 21.4 Å². The number of rotatable bonds is 1. The number of aliphatic imine (C=N–C) groups is 1. The minimum Gasteiger partial charge on any atom is -0.353 e. The SMILES string of the molecule is Cc1noc(/N=C(/Cl)N(C)C)c1C#N. The molecule has 0 aromatic carbocycles. The summed E-state index contributed by atoms with van der Waals surface area (Å²) in [6.07, 6.45) is 0. The van der Waals surface area contributed by atoms with E-state index in [1.54, 1.807) is 25.9 Å². The van der Waals surface area contributed by atoms with E-state index in [9.17, 15) is 0 Å². The van der Waals surface area contributed by atoms with Gasteiger partial charge in [-0.3, -0.25) is 0 Å². The number of hydrogen-bond acceptors (Lipinski definition) is 4. The standard InChI is InChI=1S/C8H9ClN4O/c1-5-6(4-10)7(14-12-5)11-8(9)13(2)3/h1-3H3/b11-8-. The number of halogens is 1. The quantitative estimate of drug-likeness (QED) is 0.403. The van der Waals surface area contributed by atoms with Crippen LogP contribution in [0.1, 0.15) is 11.3 Å². The average molecular weight is 213 g/mol. The van der Waals surface area contributed by atoms with Crippen molar-refractivity contribution in [3.8, 4) is 6.07 Å². The lowest BCUT2D eigenvalue weighted by atomic mass is 10.3. The number of aryl methyl sites for hydroxylation is 1. The molecule has 1 aromatic rings. The molecule has 1 aromatic heterocycles. The Bertz CT molecular complexity index is 402. The molecule has 6 heteroatoms. The molecule has 0 aliphatic carbocycles. The van der Waals surface area contributed by atoms with Crippen LogP contribution in [0.2, 0.25) is 0 Å². The van der Waals surface area contributed by atoms with E-state index in [-0.39, 0.29) is 11.2 Å². The topological polar surface area (TPSA) is 65.4 Å². The van der Waals surface area contributed by atoms with Crippen molar-refractivity contribution < 1.29 is 4.52 Å². The first-order valence-electron chi connectivity index (χ1n) is 3.84. The molecule has 1 heterocycles. The molecule has 0 amide bonds. The molecule has 0 aliphatic heterocycles. The molecule has 14 heavy (non-hydrogen) atoms. The first kappa shape index (κ1) is 10.5. The number of hydrogen-bond donors (Lipinski definition) is 0. The molecule has 0 fully saturated rings. The Morgan fingerprint density at radius 2 is 2.29 bits per heavy atom. The molecule has 0 bridgehead atoms. The summed E-state index contributed by atoms with van der Waals surface area (Å²) in [6.45, 7) is 1.67. The lowest BCUT2D eigenvalue weighted by Gasteiger charge is -2.06. The van der Waals surface area contributed by atoms with Gasteiger partial charge in [0.1, 0.15) is 17.3 Å². The van der Waals surface area contributed by atoms with Crippen molar-refractivity contribution in [2.75, 3.05) is 14.1 Å². The van der Waals surface area contributed by atoms with Gasteiger partial charge in [0.2, 0.25) is 5.29 Å². The van der Waals surface area contributed by atoms with Gasteiger partial charge in [-0.2, -0.15) is 10.3 Å². The van der Waals surface area contributed by atoms with Gasteiger partial charge in [0.25, 0.3) is 5.88 Å². The van der Waals surface area contributed by atoms with Crippen LogP contribution in [0, 0.1) is 18.3 Å². The highest BCUT2D eigenvalue weighted by Gasteiger charge is 2.12. The Morgan fingerprint density at radius 3 is 2.79 bits per heavy atom. The number of aromatic nitrogens is 1. The van der Waals surface area contributed by atoms with E-state index < -0.39 is 0 Å². The van der Waals surface area contributed by atoms with Crippen molar-refractivity contribution in [1.82, 2.24) is 10.1 Å². The molecule has 74 valence electrons. The van der Waals surface area contributed by atoms with E-state index in [1.807, 2.05) is 6.07 Å². The summed E-state index contributed by atoms with van der Waals surface area (Å²) >= 11 is 5.77. The van der Waals surface area contributed by atoms with Crippen molar-refractivity contribution in [2.45, 2.75) is 6.92 Å². The van der Waals surface area contributed by atoms with Crippen LogP contribution in [0.3, 0.4) is 0 Å². The predicted octanol–water partition coefficient (Wildman–Crippen LogP) is 1.64. The minimum atomic E-state index is 0.142. The van der Waals surface area contributed by atoms with E-state index in [0.717, 1.165) is 0 Å². The first-order valence-corrected chi connectivity index (χ1v) is 4.22. The van der Waals surface area contributed by atoms with E-state index in [1.165, 1.54) is 0 Å². The lowest BCUT2D eigenvalue weighted by molar-refractivity contribution is 0.424. The van der Waals surface area contributed by atoms with Gasteiger partial charge in [0.05, 0.1) is 0 Å². The Balaban J connectivity index is 3.10. The second-order valence-electron chi connectivity index (χ2n) is 2.84. The normalized spacial score (nSPS) is 11.2. The third-order valence-electron chi connectivity index (χ3n) is 1.52. The van der Waals surface area contributed by atoms with Crippen LogP contribution < -0.4 is 0 Å². The number of nitriles is 1. The van der Waals surface area contributed by atoms with Crippen molar-refractivity contribution in [3.63, 3.8) is 0 Å². The fourth-order valence-electron chi connectivity index (χ4n) is 0.747. The summed E-state index contributed by atoms with van der Waals surface area (Å²) in [6, 6.07) is 1.95. The number of amidine groups is 1. The molecule has 0 N–H and O–H groups in total. The molecular formula is C8H9ClN4O. The molecule has 0 atom stereocenters. The zero-order valence-electron chi connectivity index (χ0n) is 8.08. The third kappa shape index (κ3) is 2.03. The fourth-order valence-corrected chi connectivity index (χ4v) is 0.823. The van der Waals surface area contributed by atoms with Gasteiger partial charge in [0, 0.05) is 14.1 Å². The highest BCUT2D eigenvalue weighted by molar-refractivity contribution is 6.64. The second-order valence-corrected chi connectivity index (χ2v) is 3.17. The van der Waals surface area contributed by atoms with Crippen LogP contribution >= 0.6 is 11.6 Å². The first-order chi connectivity index (χ1) is 6.56. The van der Waals surface area contributed by atoms with Crippen LogP contribution in [-0.4, -0.2) is 29.4 Å². The Labute approximate surface area is 86.6 Å². The summed E-state index contributed by atoms with van der Waals surface area (Å²) < 4.78 is 4.84. The van der Waals surface area contributed by atoms with Gasteiger partial charge in [-0.25, -0.2) is 0 Å². The summed E-state index contributed by atoms with van der Waals surface area (Å²) in [5, 5.41) is 12.6. The summed E-state index contributed by atoms with van der Waals surface area (Å²) in [7, 11) is 3.47. The van der Waals surface area contributed by atoms with Gasteiger partial charge in [-0.1, -0.05) is 5.16 Å². The smallest absolute Gasteiger partial charge is 0.271 e. The Kier molecular flexibility index (Phi) is 3.10. The van der Waals surface area contributed by atoms with Crippen LogP contribution in [0.4, 0.5) is 5.88 Å². The highest BCUT2D eigenvalue weighted by atomic mass is 35.5. The molecular weight excluding hydrogens is 204 g/mol. The van der Waals surface area contributed by atoms with Crippen molar-refractivity contribution >= 4 is 22.8 Å². The maximum atomic E-state index is 8.76. The third-order valence-corrected chi connectivity index (χ3v) is 1.94. The zero-order chi connectivity index (χ0) is 10.7. The van der Waals surface area contributed by atoms with E-state index >= 15 is 0 Å². The predicted molar refractivity (Wildman–Crippen MR) is 52.6 cm³/mol. The van der Waals surface area contributed by atoms with Crippen molar-refractivity contribution in [1.29, 1.82) is 5.26 Å². The maximum Gasteiger partial charge on any atom is 0.271 e. The van der Waals surface area contributed by atoms with Gasteiger partial charge in [-0.15, -0.1) is 0 Å². The highest BCUT2D eigenvalue weighted by Crippen LogP contribution is 2.21. The molecule has 0 spiro atoms.